The van der Waals surface area contributed by atoms with E-state index in [9.17, 15) is 14.7 Å². The second kappa shape index (κ2) is 5.50. The monoisotopic (exact) mass is 400 g/mol. The van der Waals surface area contributed by atoms with E-state index < -0.39 is 11.6 Å². The van der Waals surface area contributed by atoms with Gasteiger partial charge in [-0.2, -0.15) is 0 Å². The van der Waals surface area contributed by atoms with Gasteiger partial charge in [-0.05, 0) is 30.3 Å². The van der Waals surface area contributed by atoms with Gasteiger partial charge in [0, 0.05) is 10.0 Å². The molecule has 0 aliphatic carbocycles. The summed E-state index contributed by atoms with van der Waals surface area (Å²) >= 11 is 3.37. The van der Waals surface area contributed by atoms with Gasteiger partial charge in [0.25, 0.3) is 5.56 Å². The number of nitrogens with zero attached hydrogens (tertiary/aromatic N) is 2. The van der Waals surface area contributed by atoms with Crippen LogP contribution in [0.4, 0.5) is 0 Å². The molecule has 1 N–H and O–H groups in total. The number of aliphatic hydroxyl groups is 1. The van der Waals surface area contributed by atoms with Crippen molar-refractivity contribution in [1.82, 2.24) is 9.55 Å². The van der Waals surface area contributed by atoms with E-state index in [4.69, 9.17) is 4.74 Å². The van der Waals surface area contributed by atoms with E-state index in [0.29, 0.717) is 22.2 Å². The van der Waals surface area contributed by atoms with Crippen LogP contribution in [-0.4, -0.2) is 27.7 Å². The smallest absolute Gasteiger partial charge is 0.309 e. The first-order valence-electron chi connectivity index (χ1n) is 7.57. The van der Waals surface area contributed by atoms with Crippen molar-refractivity contribution in [2.75, 3.05) is 7.11 Å². The predicted molar refractivity (Wildman–Crippen MR) is 94.7 cm³/mol. The molecule has 1 unspecified atom stereocenters. The van der Waals surface area contributed by atoms with Crippen LogP contribution in [0.1, 0.15) is 17.8 Å². The average molecular weight is 401 g/mol. The fourth-order valence-corrected chi connectivity index (χ4v) is 3.61. The van der Waals surface area contributed by atoms with Crippen molar-refractivity contribution in [2.45, 2.75) is 12.0 Å². The lowest BCUT2D eigenvalue weighted by Gasteiger charge is -2.22. The lowest BCUT2D eigenvalue weighted by atomic mass is 9.91. The Morgan fingerprint density at radius 2 is 2.08 bits per heavy atom. The van der Waals surface area contributed by atoms with Crippen molar-refractivity contribution < 1.29 is 14.6 Å². The number of fused-ring (bicyclic) bond motifs is 4. The zero-order chi connectivity index (χ0) is 17.8. The molecule has 0 bridgehead atoms. The molecule has 6 nitrogen and oxygen atoms in total. The summed E-state index contributed by atoms with van der Waals surface area (Å²) in [6, 6.07) is 12.1. The van der Waals surface area contributed by atoms with E-state index in [-0.39, 0.29) is 17.8 Å². The van der Waals surface area contributed by atoms with Crippen molar-refractivity contribution in [1.29, 1.82) is 0 Å². The van der Waals surface area contributed by atoms with Crippen LogP contribution in [0.3, 0.4) is 0 Å². The maximum atomic E-state index is 13.0. The second-order valence-corrected chi connectivity index (χ2v) is 6.78. The number of esters is 1. The third kappa shape index (κ3) is 2.23. The van der Waals surface area contributed by atoms with Crippen LogP contribution in [0.5, 0.6) is 0 Å². The molecule has 1 aliphatic heterocycles. The molecule has 1 aromatic heterocycles. The molecule has 0 radical (unpaired) electrons. The van der Waals surface area contributed by atoms with Gasteiger partial charge in [0.2, 0.25) is 0 Å². The van der Waals surface area contributed by atoms with E-state index >= 15 is 0 Å². The standard InChI is InChI=1S/C18H13BrN2O4/c1-25-15(22)9-18(24)12-8-10(19)6-7-14(12)21-16(23)11-4-2-3-5-13(11)20-17(18)21/h2-8,24H,9H2,1H3. The van der Waals surface area contributed by atoms with Crippen LogP contribution in [0.15, 0.2) is 51.7 Å². The highest BCUT2D eigenvalue weighted by molar-refractivity contribution is 9.10. The summed E-state index contributed by atoms with van der Waals surface area (Å²) in [6.07, 6.45) is -0.336. The number of hydrogen-bond donors (Lipinski definition) is 1. The van der Waals surface area contributed by atoms with Crippen LogP contribution in [-0.2, 0) is 15.1 Å². The maximum absolute atomic E-state index is 13.0. The lowest BCUT2D eigenvalue weighted by Crippen LogP contribution is -2.32. The Kier molecular flexibility index (Phi) is 3.52. The van der Waals surface area contributed by atoms with Gasteiger partial charge in [-0.25, -0.2) is 4.98 Å². The first kappa shape index (κ1) is 16.0. The van der Waals surface area contributed by atoms with E-state index in [1.54, 1.807) is 42.5 Å². The molecule has 3 aromatic rings. The van der Waals surface area contributed by atoms with E-state index in [1.807, 2.05) is 0 Å². The number of methoxy groups -OCH3 is 1. The number of para-hydroxylation sites is 1. The van der Waals surface area contributed by atoms with Crippen molar-refractivity contribution in [3.8, 4) is 5.69 Å². The molecule has 25 heavy (non-hydrogen) atoms. The van der Waals surface area contributed by atoms with Crippen molar-refractivity contribution in [3.05, 3.63) is 68.7 Å². The molecule has 0 spiro atoms. The highest BCUT2D eigenvalue weighted by Gasteiger charge is 2.46. The summed E-state index contributed by atoms with van der Waals surface area (Å²) in [4.78, 5) is 29.4. The Morgan fingerprint density at radius 1 is 1.32 bits per heavy atom. The Hall–Kier alpha value is -2.51. The minimum Gasteiger partial charge on any atom is -0.469 e. The molecular weight excluding hydrogens is 388 g/mol. The van der Waals surface area contributed by atoms with Crippen LogP contribution in [0.2, 0.25) is 0 Å². The minimum absolute atomic E-state index is 0.120. The van der Waals surface area contributed by atoms with Gasteiger partial charge < -0.3 is 9.84 Å². The zero-order valence-corrected chi connectivity index (χ0v) is 14.8. The average Bonchev–Trinajstić information content (AvgIpc) is 2.84. The molecule has 4 rings (SSSR count). The number of aromatic nitrogens is 2. The lowest BCUT2D eigenvalue weighted by molar-refractivity contribution is -0.145. The molecule has 2 heterocycles. The van der Waals surface area contributed by atoms with Gasteiger partial charge in [-0.15, -0.1) is 0 Å². The molecule has 0 saturated heterocycles. The number of halogens is 1. The van der Waals surface area contributed by atoms with Crippen LogP contribution in [0, 0.1) is 0 Å². The van der Waals surface area contributed by atoms with Gasteiger partial charge in [-0.3, -0.25) is 14.2 Å². The van der Waals surface area contributed by atoms with Crippen LogP contribution < -0.4 is 5.56 Å². The molecule has 1 aliphatic rings. The largest absolute Gasteiger partial charge is 0.469 e. The quantitative estimate of drug-likeness (QED) is 0.667. The van der Waals surface area contributed by atoms with Crippen molar-refractivity contribution >= 4 is 32.8 Å². The van der Waals surface area contributed by atoms with Gasteiger partial charge in [0.05, 0.1) is 30.1 Å². The summed E-state index contributed by atoms with van der Waals surface area (Å²) in [5.74, 6) is -0.473. The van der Waals surface area contributed by atoms with Gasteiger partial charge >= 0.3 is 5.97 Å². The molecule has 0 amide bonds. The number of benzene rings is 2. The topological polar surface area (TPSA) is 81.4 Å². The van der Waals surface area contributed by atoms with Crippen LogP contribution in [0.25, 0.3) is 16.6 Å². The van der Waals surface area contributed by atoms with Crippen LogP contribution >= 0.6 is 15.9 Å². The fourth-order valence-electron chi connectivity index (χ4n) is 3.24. The number of rotatable bonds is 2. The SMILES string of the molecule is COC(=O)CC1(O)c2cc(Br)ccc2-n2c1nc1ccccc1c2=O. The second-order valence-electron chi connectivity index (χ2n) is 5.87. The Bertz CT molecular complexity index is 1090. The Morgan fingerprint density at radius 3 is 2.84 bits per heavy atom. The zero-order valence-electron chi connectivity index (χ0n) is 13.2. The van der Waals surface area contributed by atoms with Gasteiger partial charge in [-0.1, -0.05) is 28.1 Å². The number of carbonyl (C=O) groups excluding carboxylic acids is 1. The highest BCUT2D eigenvalue weighted by Crippen LogP contribution is 2.43. The summed E-state index contributed by atoms with van der Waals surface area (Å²) in [6.45, 7) is 0. The van der Waals surface area contributed by atoms with Gasteiger partial charge in [0.15, 0.2) is 11.4 Å². The Labute approximate surface area is 150 Å². The maximum Gasteiger partial charge on any atom is 0.309 e. The first-order valence-corrected chi connectivity index (χ1v) is 8.37. The predicted octanol–water partition coefficient (Wildman–Crippen LogP) is 2.26. The van der Waals surface area contributed by atoms with E-state index in [0.717, 1.165) is 4.47 Å². The molecule has 7 heteroatoms. The molecular formula is C18H13BrN2O4. The highest BCUT2D eigenvalue weighted by atomic mass is 79.9. The Balaban J connectivity index is 2.11. The molecule has 1 atom stereocenters. The normalized spacial score (nSPS) is 18.0. The van der Waals surface area contributed by atoms with E-state index in [1.165, 1.54) is 11.7 Å². The summed E-state index contributed by atoms with van der Waals surface area (Å²) in [5, 5.41) is 11.8. The number of carbonyl (C=O) groups is 1. The third-order valence-corrected chi connectivity index (χ3v) is 4.91. The minimum atomic E-state index is -1.74. The van der Waals surface area contributed by atoms with Gasteiger partial charge in [0.1, 0.15) is 0 Å². The summed E-state index contributed by atoms with van der Waals surface area (Å²) in [7, 11) is 1.25. The molecule has 2 aromatic carbocycles. The van der Waals surface area contributed by atoms with Crippen molar-refractivity contribution in [2.24, 2.45) is 0 Å². The molecule has 0 fully saturated rings. The number of ether oxygens (including phenoxy) is 1. The molecule has 0 saturated carbocycles. The summed E-state index contributed by atoms with van der Waals surface area (Å²) < 4.78 is 6.82. The summed E-state index contributed by atoms with van der Waals surface area (Å²) in [5.41, 5.74) is -0.617. The first-order chi connectivity index (χ1) is 12.0. The van der Waals surface area contributed by atoms with E-state index in [2.05, 4.69) is 20.9 Å². The fraction of sp³-hybridized carbons (Fsp3) is 0.167. The van der Waals surface area contributed by atoms with Crippen molar-refractivity contribution in [3.63, 3.8) is 0 Å². The molecule has 126 valence electrons. The number of hydrogen-bond acceptors (Lipinski definition) is 5. The third-order valence-electron chi connectivity index (χ3n) is 4.42.